The third-order valence-corrected chi connectivity index (χ3v) is 4.38. The van der Waals surface area contributed by atoms with E-state index in [0.717, 1.165) is 18.5 Å². The molecule has 1 saturated carbocycles. The molecule has 0 amide bonds. The van der Waals surface area contributed by atoms with Crippen LogP contribution in [0, 0.1) is 18.3 Å². The van der Waals surface area contributed by atoms with Gasteiger partial charge in [-0.25, -0.2) is 0 Å². The summed E-state index contributed by atoms with van der Waals surface area (Å²) in [6, 6.07) is 16.7. The van der Waals surface area contributed by atoms with Crippen LogP contribution in [0.3, 0.4) is 0 Å². The number of anilines is 1. The van der Waals surface area contributed by atoms with Crippen molar-refractivity contribution in [1.82, 2.24) is 0 Å². The second-order valence-corrected chi connectivity index (χ2v) is 6.16. The van der Waals surface area contributed by atoms with Crippen LogP contribution >= 0.6 is 11.6 Å². The lowest BCUT2D eigenvalue weighted by molar-refractivity contribution is 0.374. The molecule has 0 aromatic heterocycles. The monoisotopic (exact) mass is 296 g/mol. The molecule has 1 aliphatic rings. The van der Waals surface area contributed by atoms with Crippen LogP contribution in [-0.4, -0.2) is 6.04 Å². The molecule has 0 spiro atoms. The minimum atomic E-state index is 0.418. The Morgan fingerprint density at radius 2 is 1.86 bits per heavy atom. The summed E-state index contributed by atoms with van der Waals surface area (Å²) in [5.74, 6) is 0.618. The van der Waals surface area contributed by atoms with E-state index in [-0.39, 0.29) is 0 Å². The highest BCUT2D eigenvalue weighted by atomic mass is 35.5. The van der Waals surface area contributed by atoms with E-state index in [0.29, 0.717) is 22.5 Å². The van der Waals surface area contributed by atoms with Crippen molar-refractivity contribution < 1.29 is 0 Å². The average Bonchev–Trinajstić information content (AvgIpc) is 2.44. The zero-order valence-corrected chi connectivity index (χ0v) is 12.7. The Hall–Kier alpha value is -1.98. The number of nitrogens with one attached hydrogen (secondary N) is 1. The van der Waals surface area contributed by atoms with E-state index in [4.69, 9.17) is 16.9 Å². The normalized spacial score (nSPS) is 20.4. The summed E-state index contributed by atoms with van der Waals surface area (Å²) in [5, 5.41) is 13.2. The van der Waals surface area contributed by atoms with E-state index in [1.165, 1.54) is 11.1 Å². The van der Waals surface area contributed by atoms with Gasteiger partial charge in [0.25, 0.3) is 0 Å². The molecule has 1 N–H and O–H groups in total. The molecule has 3 rings (SSSR count). The maximum atomic E-state index is 9.14. The van der Waals surface area contributed by atoms with Crippen LogP contribution in [0.1, 0.15) is 35.4 Å². The molecule has 0 radical (unpaired) electrons. The Labute approximate surface area is 130 Å². The van der Waals surface area contributed by atoms with Crippen LogP contribution < -0.4 is 5.32 Å². The van der Waals surface area contributed by atoms with Gasteiger partial charge in [0.1, 0.15) is 6.07 Å². The molecular formula is C18H17ClN2. The number of hydrogen-bond donors (Lipinski definition) is 1. The lowest BCUT2D eigenvalue weighted by Gasteiger charge is -2.37. The Morgan fingerprint density at radius 1 is 1.14 bits per heavy atom. The third-order valence-electron chi connectivity index (χ3n) is 4.15. The Morgan fingerprint density at radius 3 is 2.52 bits per heavy atom. The van der Waals surface area contributed by atoms with E-state index in [1.54, 1.807) is 12.1 Å². The minimum absolute atomic E-state index is 0.418. The Balaban J connectivity index is 1.64. The average molecular weight is 297 g/mol. The molecule has 106 valence electrons. The van der Waals surface area contributed by atoms with Crippen LogP contribution in [-0.2, 0) is 0 Å². The fourth-order valence-corrected chi connectivity index (χ4v) is 2.97. The summed E-state index contributed by atoms with van der Waals surface area (Å²) in [5.41, 5.74) is 4.20. The number of nitriles is 1. The van der Waals surface area contributed by atoms with E-state index in [2.05, 4.69) is 42.6 Å². The lowest BCUT2D eigenvalue weighted by atomic mass is 9.75. The van der Waals surface area contributed by atoms with Crippen molar-refractivity contribution in [2.75, 3.05) is 5.32 Å². The largest absolute Gasteiger partial charge is 0.381 e. The molecule has 0 bridgehead atoms. The molecule has 3 heteroatoms. The third kappa shape index (κ3) is 3.04. The minimum Gasteiger partial charge on any atom is -0.381 e. The fraction of sp³-hybridized carbons (Fsp3) is 0.278. The lowest BCUT2D eigenvalue weighted by Crippen LogP contribution is -2.34. The summed E-state index contributed by atoms with van der Waals surface area (Å²) in [6.45, 7) is 2.11. The summed E-state index contributed by atoms with van der Waals surface area (Å²) >= 11 is 6.01. The zero-order chi connectivity index (χ0) is 14.8. The van der Waals surface area contributed by atoms with Gasteiger partial charge in [0, 0.05) is 11.1 Å². The van der Waals surface area contributed by atoms with Crippen molar-refractivity contribution in [2.24, 2.45) is 0 Å². The summed E-state index contributed by atoms with van der Waals surface area (Å²) in [4.78, 5) is 0. The number of hydrogen-bond acceptors (Lipinski definition) is 2. The second kappa shape index (κ2) is 5.79. The van der Waals surface area contributed by atoms with E-state index < -0.39 is 0 Å². The SMILES string of the molecule is Cc1ccc(C2CC(Nc3cc(Cl)ccc3C#N)C2)cc1. The van der Waals surface area contributed by atoms with Crippen LogP contribution in [0.25, 0.3) is 0 Å². The first kappa shape index (κ1) is 14.0. The van der Waals surface area contributed by atoms with Crippen LogP contribution in [0.5, 0.6) is 0 Å². The van der Waals surface area contributed by atoms with Gasteiger partial charge < -0.3 is 5.32 Å². The number of halogens is 1. The predicted molar refractivity (Wildman–Crippen MR) is 86.7 cm³/mol. The molecule has 2 aromatic carbocycles. The van der Waals surface area contributed by atoms with Crippen molar-refractivity contribution in [3.8, 4) is 6.07 Å². The summed E-state index contributed by atoms with van der Waals surface area (Å²) < 4.78 is 0. The molecule has 0 aliphatic heterocycles. The fourth-order valence-electron chi connectivity index (χ4n) is 2.80. The molecule has 2 nitrogen and oxygen atoms in total. The van der Waals surface area contributed by atoms with Crippen molar-refractivity contribution in [3.63, 3.8) is 0 Å². The quantitative estimate of drug-likeness (QED) is 0.876. The van der Waals surface area contributed by atoms with Crippen molar-refractivity contribution in [3.05, 3.63) is 64.2 Å². The highest BCUT2D eigenvalue weighted by Gasteiger charge is 2.30. The summed E-state index contributed by atoms with van der Waals surface area (Å²) in [7, 11) is 0. The predicted octanol–water partition coefficient (Wildman–Crippen LogP) is 4.88. The number of rotatable bonds is 3. The van der Waals surface area contributed by atoms with Crippen LogP contribution in [0.4, 0.5) is 5.69 Å². The van der Waals surface area contributed by atoms with Crippen molar-refractivity contribution in [2.45, 2.75) is 31.7 Å². The van der Waals surface area contributed by atoms with Gasteiger partial charge in [0.15, 0.2) is 0 Å². The van der Waals surface area contributed by atoms with Gasteiger partial charge in [0.2, 0.25) is 0 Å². The molecular weight excluding hydrogens is 280 g/mol. The Bertz CT molecular complexity index is 679. The molecule has 0 atom stereocenters. The summed E-state index contributed by atoms with van der Waals surface area (Å²) in [6.07, 6.45) is 2.20. The first-order valence-electron chi connectivity index (χ1n) is 7.18. The molecule has 1 fully saturated rings. The first-order chi connectivity index (χ1) is 10.2. The highest BCUT2D eigenvalue weighted by molar-refractivity contribution is 6.30. The van der Waals surface area contributed by atoms with E-state index in [1.807, 2.05) is 6.07 Å². The molecule has 1 aliphatic carbocycles. The molecule has 2 aromatic rings. The van der Waals surface area contributed by atoms with Gasteiger partial charge in [-0.1, -0.05) is 41.4 Å². The van der Waals surface area contributed by atoms with Crippen LogP contribution in [0.2, 0.25) is 5.02 Å². The standard InChI is InChI=1S/C18H17ClN2/c1-12-2-4-13(5-3-12)15-8-17(9-15)21-18-10-16(19)7-6-14(18)11-20/h2-7,10,15,17,21H,8-9H2,1H3. The van der Waals surface area contributed by atoms with Gasteiger partial charge in [-0.15, -0.1) is 0 Å². The van der Waals surface area contributed by atoms with E-state index in [9.17, 15) is 0 Å². The molecule has 0 saturated heterocycles. The van der Waals surface area contributed by atoms with Crippen molar-refractivity contribution in [1.29, 1.82) is 5.26 Å². The van der Waals surface area contributed by atoms with Gasteiger partial charge in [-0.2, -0.15) is 5.26 Å². The topological polar surface area (TPSA) is 35.8 Å². The number of nitrogens with zero attached hydrogens (tertiary/aromatic N) is 1. The Kier molecular flexibility index (Phi) is 3.86. The number of benzene rings is 2. The highest BCUT2D eigenvalue weighted by Crippen LogP contribution is 2.39. The van der Waals surface area contributed by atoms with Gasteiger partial charge in [0.05, 0.1) is 11.3 Å². The van der Waals surface area contributed by atoms with Gasteiger partial charge in [-0.05, 0) is 49.4 Å². The second-order valence-electron chi connectivity index (χ2n) is 5.72. The van der Waals surface area contributed by atoms with Gasteiger partial charge >= 0.3 is 0 Å². The van der Waals surface area contributed by atoms with Gasteiger partial charge in [-0.3, -0.25) is 0 Å². The molecule has 0 unspecified atom stereocenters. The maximum Gasteiger partial charge on any atom is 0.101 e. The smallest absolute Gasteiger partial charge is 0.101 e. The van der Waals surface area contributed by atoms with Crippen molar-refractivity contribution >= 4 is 17.3 Å². The molecule has 21 heavy (non-hydrogen) atoms. The number of aryl methyl sites for hydroxylation is 1. The molecule has 0 heterocycles. The first-order valence-corrected chi connectivity index (χ1v) is 7.56. The zero-order valence-electron chi connectivity index (χ0n) is 11.9. The van der Waals surface area contributed by atoms with Crippen LogP contribution in [0.15, 0.2) is 42.5 Å². The maximum absolute atomic E-state index is 9.14. The van der Waals surface area contributed by atoms with E-state index >= 15 is 0 Å².